The molecule has 188 valence electrons. The third kappa shape index (κ3) is 7.72. The van der Waals surface area contributed by atoms with E-state index in [1.165, 1.54) is 0 Å². The van der Waals surface area contributed by atoms with Crippen LogP contribution in [0.4, 0.5) is 0 Å². The summed E-state index contributed by atoms with van der Waals surface area (Å²) in [6.07, 6.45) is 5.22. The molecule has 0 radical (unpaired) electrons. The molecule has 1 aromatic heterocycles. The highest BCUT2D eigenvalue weighted by atomic mass is 79.9. The fourth-order valence-electron chi connectivity index (χ4n) is 3.56. The highest BCUT2D eigenvalue weighted by Gasteiger charge is 2.21. The molecule has 3 aromatic carbocycles. The number of hydrogen-bond acceptors (Lipinski definition) is 2. The van der Waals surface area contributed by atoms with Crippen LogP contribution in [0.5, 0.6) is 0 Å². The number of carbonyl (C=O) groups excluding carboxylic acids is 1. The molecule has 1 heterocycles. The van der Waals surface area contributed by atoms with Gasteiger partial charge in [-0.3, -0.25) is 4.79 Å². The van der Waals surface area contributed by atoms with Gasteiger partial charge in [0.05, 0.1) is 6.61 Å². The molecule has 0 aliphatic carbocycles. The van der Waals surface area contributed by atoms with Crippen molar-refractivity contribution in [2.24, 2.45) is 0 Å². The first-order valence-electron chi connectivity index (χ1n) is 10.6. The lowest BCUT2D eigenvalue weighted by Crippen LogP contribution is -3.00. The molecule has 36 heavy (non-hydrogen) atoms. The number of rotatable bonds is 9. The van der Waals surface area contributed by atoms with E-state index < -0.39 is 6.10 Å². The summed E-state index contributed by atoms with van der Waals surface area (Å²) < 4.78 is 11.0. The van der Waals surface area contributed by atoms with Gasteiger partial charge in [0.15, 0.2) is 6.54 Å². The minimum atomic E-state index is -0.394. The lowest BCUT2D eigenvalue weighted by Gasteiger charge is -2.19. The summed E-state index contributed by atoms with van der Waals surface area (Å²) in [6, 6.07) is 17.9. The number of hydrogen-bond donors (Lipinski definition) is 0. The molecule has 0 N–H and O–H groups in total. The highest BCUT2D eigenvalue weighted by Crippen LogP contribution is 2.31. The normalized spacial score (nSPS) is 11.7. The Labute approximate surface area is 244 Å². The van der Waals surface area contributed by atoms with Gasteiger partial charge < -0.3 is 17.1 Å². The average molecular weight is 650 g/mol. The minimum absolute atomic E-state index is 0. The molecule has 10 heteroatoms. The topological polar surface area (TPSA) is 35.1 Å². The molecule has 4 aromatic rings. The van der Waals surface area contributed by atoms with E-state index in [0.29, 0.717) is 32.2 Å². The second-order valence-electron chi connectivity index (χ2n) is 7.91. The predicted molar refractivity (Wildman–Crippen MR) is 144 cm³/mol. The molecule has 0 aliphatic rings. The van der Waals surface area contributed by atoms with E-state index in [4.69, 9.17) is 51.1 Å². The lowest BCUT2D eigenvalue weighted by atomic mass is 10.1. The summed E-state index contributed by atoms with van der Waals surface area (Å²) in [6.45, 7) is 0.956. The van der Waals surface area contributed by atoms with Crippen molar-refractivity contribution in [3.05, 3.63) is 121 Å². The standard InChI is InChI=1S/C26H20BrCl4N2O2.ClH/c27-19-4-1-17(2-5-19)25(34)13-32-9-10-33(16-32)14-26(22-8-7-21(29)12-24(22)31)35-15-18-3-6-20(28)11-23(18)30;/h1-12,16,26H,13-15H2;1H/q+1;/p-1. The number of benzene rings is 3. The summed E-state index contributed by atoms with van der Waals surface area (Å²) in [5, 5.41) is 2.15. The van der Waals surface area contributed by atoms with E-state index in [1.54, 1.807) is 36.4 Å². The van der Waals surface area contributed by atoms with Crippen molar-refractivity contribution in [1.82, 2.24) is 4.57 Å². The maximum absolute atomic E-state index is 12.6. The summed E-state index contributed by atoms with van der Waals surface area (Å²) in [5.41, 5.74) is 2.27. The smallest absolute Gasteiger partial charge is 0.244 e. The summed E-state index contributed by atoms with van der Waals surface area (Å²) in [7, 11) is 0. The molecule has 4 nitrogen and oxygen atoms in total. The van der Waals surface area contributed by atoms with Crippen LogP contribution in [-0.2, 0) is 24.4 Å². The van der Waals surface area contributed by atoms with Gasteiger partial charge in [-0.1, -0.05) is 86.6 Å². The molecule has 4 rings (SSSR count). The maximum Gasteiger partial charge on any atom is 0.244 e. The van der Waals surface area contributed by atoms with Gasteiger partial charge in [-0.25, -0.2) is 9.13 Å². The first kappa shape index (κ1) is 29.0. The quantitative estimate of drug-likeness (QED) is 0.189. The van der Waals surface area contributed by atoms with Crippen LogP contribution in [0.15, 0.2) is 83.9 Å². The monoisotopic (exact) mass is 646 g/mol. The fourth-order valence-corrected chi connectivity index (χ4v) is 4.81. The second kappa shape index (κ2) is 13.3. The van der Waals surface area contributed by atoms with E-state index in [9.17, 15) is 4.79 Å². The molecule has 1 unspecified atom stereocenters. The van der Waals surface area contributed by atoms with E-state index >= 15 is 0 Å². The zero-order chi connectivity index (χ0) is 24.9. The zero-order valence-corrected chi connectivity index (χ0v) is 24.0. The Morgan fingerprint density at radius 2 is 1.61 bits per heavy atom. The zero-order valence-electron chi connectivity index (χ0n) is 18.7. The van der Waals surface area contributed by atoms with Crippen molar-refractivity contribution in [1.29, 1.82) is 0 Å². The third-order valence-electron chi connectivity index (χ3n) is 5.38. The summed E-state index contributed by atoms with van der Waals surface area (Å²) in [4.78, 5) is 12.6. The Morgan fingerprint density at radius 1 is 0.944 bits per heavy atom. The summed E-state index contributed by atoms with van der Waals surface area (Å²) in [5.74, 6) is 0.0196. The number of nitrogens with zero attached hydrogens (tertiary/aromatic N) is 2. The maximum atomic E-state index is 12.6. The van der Waals surface area contributed by atoms with E-state index in [2.05, 4.69) is 15.9 Å². The van der Waals surface area contributed by atoms with Crippen molar-refractivity contribution in [3.63, 3.8) is 0 Å². The lowest BCUT2D eigenvalue weighted by molar-refractivity contribution is -0.682. The van der Waals surface area contributed by atoms with Crippen molar-refractivity contribution in [2.75, 3.05) is 0 Å². The molecular weight excluding hydrogens is 629 g/mol. The molecule has 0 bridgehead atoms. The third-order valence-corrected chi connectivity index (χ3v) is 7.06. The van der Waals surface area contributed by atoms with Crippen molar-refractivity contribution in [2.45, 2.75) is 25.8 Å². The van der Waals surface area contributed by atoms with Crippen LogP contribution in [0.3, 0.4) is 0 Å². The van der Waals surface area contributed by atoms with Crippen LogP contribution < -0.4 is 17.0 Å². The van der Waals surface area contributed by atoms with Gasteiger partial charge in [0.2, 0.25) is 12.1 Å². The highest BCUT2D eigenvalue weighted by molar-refractivity contribution is 9.10. The Morgan fingerprint density at radius 3 is 2.28 bits per heavy atom. The van der Waals surface area contributed by atoms with Gasteiger partial charge in [0, 0.05) is 35.7 Å². The Hall–Kier alpha value is -1.57. The number of imidazole rings is 1. The number of halogens is 6. The molecule has 0 amide bonds. The largest absolute Gasteiger partial charge is 1.00 e. The van der Waals surface area contributed by atoms with Crippen LogP contribution in [0.2, 0.25) is 20.1 Å². The van der Waals surface area contributed by atoms with Gasteiger partial charge in [0.25, 0.3) is 0 Å². The van der Waals surface area contributed by atoms with Gasteiger partial charge in [-0.2, -0.15) is 0 Å². The number of Topliss-reactive ketones (excluding diaryl/α,β-unsaturated/α-hetero) is 1. The first-order chi connectivity index (χ1) is 16.8. The average Bonchev–Trinajstić information content (AvgIpc) is 3.25. The Kier molecular flexibility index (Phi) is 10.7. The van der Waals surface area contributed by atoms with E-state index in [0.717, 1.165) is 15.6 Å². The molecule has 0 saturated heterocycles. The van der Waals surface area contributed by atoms with E-state index in [1.807, 2.05) is 52.1 Å². The van der Waals surface area contributed by atoms with Crippen LogP contribution in [0, 0.1) is 0 Å². The van der Waals surface area contributed by atoms with Crippen LogP contribution in [-0.4, -0.2) is 10.4 Å². The van der Waals surface area contributed by atoms with Crippen LogP contribution >= 0.6 is 62.3 Å². The fraction of sp³-hybridized carbons (Fsp3) is 0.154. The molecule has 1 atom stereocenters. The van der Waals surface area contributed by atoms with E-state index in [-0.39, 0.29) is 31.3 Å². The van der Waals surface area contributed by atoms with Crippen molar-refractivity contribution >= 4 is 68.1 Å². The predicted octanol–water partition coefficient (Wildman–Crippen LogP) is 5.00. The molecule has 0 saturated carbocycles. The number of carbonyl (C=O) groups is 1. The molecule has 0 spiro atoms. The first-order valence-corrected chi connectivity index (χ1v) is 12.9. The Balaban J connectivity index is 0.00000361. The second-order valence-corrected chi connectivity index (χ2v) is 10.5. The number of aromatic nitrogens is 2. The van der Waals surface area contributed by atoms with Gasteiger partial charge >= 0.3 is 0 Å². The van der Waals surface area contributed by atoms with Gasteiger partial charge in [0.1, 0.15) is 25.0 Å². The molecule has 0 fully saturated rings. The SMILES string of the molecule is O=C(C[n+]1ccn(CC(OCc2ccc(Cl)cc2Cl)c2ccc(Cl)cc2Cl)c1)c1ccc(Br)cc1.[Cl-]. The van der Waals surface area contributed by atoms with Gasteiger partial charge in [-0.05, 0) is 42.0 Å². The Bertz CT molecular complexity index is 1340. The molecule has 0 aliphatic heterocycles. The number of ketones is 1. The van der Waals surface area contributed by atoms with Crippen LogP contribution in [0.25, 0.3) is 0 Å². The summed E-state index contributed by atoms with van der Waals surface area (Å²) >= 11 is 28.3. The molecular formula is C26H20BrCl5N2O2. The van der Waals surface area contributed by atoms with Crippen LogP contribution in [0.1, 0.15) is 27.6 Å². The number of ether oxygens (including phenoxy) is 1. The van der Waals surface area contributed by atoms with Crippen molar-refractivity contribution in [3.8, 4) is 0 Å². The minimum Gasteiger partial charge on any atom is -1.00 e. The van der Waals surface area contributed by atoms with Gasteiger partial charge in [-0.15, -0.1) is 0 Å². The van der Waals surface area contributed by atoms with Crippen molar-refractivity contribution < 1.29 is 26.5 Å².